The van der Waals surface area contributed by atoms with Crippen molar-refractivity contribution in [1.82, 2.24) is 10.0 Å². The lowest BCUT2D eigenvalue weighted by molar-refractivity contribution is -0.136. The average molecular weight is 250 g/mol. The molecule has 1 aliphatic heterocycles. The predicted octanol–water partition coefficient (Wildman–Crippen LogP) is -0.621. The van der Waals surface area contributed by atoms with Crippen LogP contribution in [0.15, 0.2) is 0 Å². The van der Waals surface area contributed by atoms with E-state index in [9.17, 15) is 13.2 Å². The highest BCUT2D eigenvalue weighted by Crippen LogP contribution is 2.09. The largest absolute Gasteiger partial charge is 0.480 e. The maximum atomic E-state index is 11.5. The van der Waals surface area contributed by atoms with Gasteiger partial charge in [0, 0.05) is 6.54 Å². The van der Waals surface area contributed by atoms with Crippen LogP contribution in [0.4, 0.5) is 0 Å². The number of sulfonamides is 1. The summed E-state index contributed by atoms with van der Waals surface area (Å²) in [5, 5.41) is 10.4. The highest BCUT2D eigenvalue weighted by atomic mass is 32.2. The highest BCUT2D eigenvalue weighted by molar-refractivity contribution is 7.90. The van der Waals surface area contributed by atoms with Gasteiger partial charge >= 0.3 is 5.97 Å². The lowest BCUT2D eigenvalue weighted by atomic mass is 10.0. The van der Waals surface area contributed by atoms with Crippen molar-refractivity contribution in [2.75, 3.05) is 19.6 Å². The monoisotopic (exact) mass is 250 g/mol. The van der Waals surface area contributed by atoms with Crippen LogP contribution in [0.1, 0.15) is 19.8 Å². The molecule has 2 atom stereocenters. The number of hydrogen-bond donors (Lipinski definition) is 3. The Bertz CT molecular complexity index is 335. The first-order valence-electron chi connectivity index (χ1n) is 5.35. The Morgan fingerprint density at radius 3 is 2.81 bits per heavy atom. The molecule has 3 N–H and O–H groups in total. The summed E-state index contributed by atoms with van der Waals surface area (Å²) in [6, 6.07) is 0. The summed E-state index contributed by atoms with van der Waals surface area (Å²) in [6.07, 6.45) is 2.00. The van der Waals surface area contributed by atoms with E-state index in [-0.39, 0.29) is 5.92 Å². The van der Waals surface area contributed by atoms with E-state index in [0.717, 1.165) is 25.9 Å². The van der Waals surface area contributed by atoms with Crippen LogP contribution >= 0.6 is 0 Å². The molecule has 16 heavy (non-hydrogen) atoms. The summed E-state index contributed by atoms with van der Waals surface area (Å²) >= 11 is 0. The minimum Gasteiger partial charge on any atom is -0.480 e. The fraction of sp³-hybridized carbons (Fsp3) is 0.889. The van der Waals surface area contributed by atoms with Crippen LogP contribution in [0, 0.1) is 5.92 Å². The number of carbonyl (C=O) groups is 1. The van der Waals surface area contributed by atoms with Gasteiger partial charge in [-0.25, -0.2) is 13.1 Å². The third kappa shape index (κ3) is 3.73. The normalized spacial score (nSPS) is 23.9. The molecule has 1 heterocycles. The Hall–Kier alpha value is -0.660. The lowest BCUT2D eigenvalue weighted by Gasteiger charge is -2.23. The van der Waals surface area contributed by atoms with E-state index < -0.39 is 21.2 Å². The van der Waals surface area contributed by atoms with Gasteiger partial charge in [0.05, 0.1) is 0 Å². The smallest absolute Gasteiger partial charge is 0.323 e. The van der Waals surface area contributed by atoms with Crippen molar-refractivity contribution < 1.29 is 18.3 Å². The SMILES string of the molecule is CC(C(=O)O)S(=O)(=O)NCC1CCCNC1. The van der Waals surface area contributed by atoms with Gasteiger partial charge < -0.3 is 10.4 Å². The molecule has 2 unspecified atom stereocenters. The van der Waals surface area contributed by atoms with E-state index in [0.29, 0.717) is 6.54 Å². The molecule has 0 aliphatic carbocycles. The van der Waals surface area contributed by atoms with Crippen LogP contribution in [-0.2, 0) is 14.8 Å². The Morgan fingerprint density at radius 2 is 2.31 bits per heavy atom. The maximum Gasteiger partial charge on any atom is 0.323 e. The molecule has 0 spiro atoms. The zero-order chi connectivity index (χ0) is 12.2. The topological polar surface area (TPSA) is 95.5 Å². The Labute approximate surface area is 95.5 Å². The second-order valence-electron chi connectivity index (χ2n) is 4.09. The fourth-order valence-electron chi connectivity index (χ4n) is 1.59. The molecule has 1 saturated heterocycles. The third-order valence-corrected chi connectivity index (χ3v) is 4.49. The summed E-state index contributed by atoms with van der Waals surface area (Å²) < 4.78 is 25.4. The first-order chi connectivity index (χ1) is 7.43. The minimum absolute atomic E-state index is 0.254. The van der Waals surface area contributed by atoms with Crippen LogP contribution in [0.25, 0.3) is 0 Å². The van der Waals surface area contributed by atoms with E-state index >= 15 is 0 Å². The van der Waals surface area contributed by atoms with Gasteiger partial charge in [-0.2, -0.15) is 0 Å². The fourth-order valence-corrected chi connectivity index (χ4v) is 2.57. The predicted molar refractivity (Wildman–Crippen MR) is 59.6 cm³/mol. The van der Waals surface area contributed by atoms with Gasteiger partial charge in [0.15, 0.2) is 5.25 Å². The Balaban J connectivity index is 2.44. The first kappa shape index (κ1) is 13.4. The molecule has 0 saturated carbocycles. The molecule has 6 nitrogen and oxygen atoms in total. The lowest BCUT2D eigenvalue weighted by Crippen LogP contribution is -2.42. The Kier molecular flexibility index (Phi) is 4.69. The summed E-state index contributed by atoms with van der Waals surface area (Å²) in [7, 11) is -3.74. The van der Waals surface area contributed by atoms with Crippen molar-refractivity contribution in [3.63, 3.8) is 0 Å². The van der Waals surface area contributed by atoms with Crippen molar-refractivity contribution in [3.05, 3.63) is 0 Å². The Morgan fingerprint density at radius 1 is 1.62 bits per heavy atom. The van der Waals surface area contributed by atoms with Gasteiger partial charge in [0.1, 0.15) is 0 Å². The summed E-state index contributed by atoms with van der Waals surface area (Å²) in [5.41, 5.74) is 0. The summed E-state index contributed by atoms with van der Waals surface area (Å²) in [5.74, 6) is -1.07. The molecular formula is C9H18N2O4S. The third-order valence-electron chi connectivity index (χ3n) is 2.79. The number of carboxylic acid groups (broad SMARTS) is 1. The van der Waals surface area contributed by atoms with Crippen LogP contribution in [0.2, 0.25) is 0 Å². The molecule has 0 aromatic carbocycles. The van der Waals surface area contributed by atoms with E-state index in [2.05, 4.69) is 10.0 Å². The molecule has 1 rings (SSSR count). The molecule has 0 aromatic rings. The van der Waals surface area contributed by atoms with Crippen LogP contribution in [-0.4, -0.2) is 44.4 Å². The molecule has 0 amide bonds. The summed E-state index contributed by atoms with van der Waals surface area (Å²) in [4.78, 5) is 10.6. The second-order valence-corrected chi connectivity index (χ2v) is 6.17. The quantitative estimate of drug-likeness (QED) is 0.604. The number of aliphatic carboxylic acids is 1. The van der Waals surface area contributed by atoms with Crippen molar-refractivity contribution in [2.24, 2.45) is 5.92 Å². The average Bonchev–Trinajstić information content (AvgIpc) is 2.27. The number of rotatable bonds is 5. The number of piperidine rings is 1. The highest BCUT2D eigenvalue weighted by Gasteiger charge is 2.28. The van der Waals surface area contributed by atoms with E-state index in [4.69, 9.17) is 5.11 Å². The molecule has 0 aromatic heterocycles. The van der Waals surface area contributed by atoms with Gasteiger partial charge in [-0.1, -0.05) is 0 Å². The molecule has 0 bridgehead atoms. The van der Waals surface area contributed by atoms with Gasteiger partial charge in [0.2, 0.25) is 10.0 Å². The van der Waals surface area contributed by atoms with Crippen molar-refractivity contribution >= 4 is 16.0 Å². The van der Waals surface area contributed by atoms with E-state index in [1.165, 1.54) is 6.92 Å². The molecule has 1 aliphatic rings. The minimum atomic E-state index is -3.74. The van der Waals surface area contributed by atoms with E-state index in [1.54, 1.807) is 0 Å². The number of hydrogen-bond acceptors (Lipinski definition) is 4. The first-order valence-corrected chi connectivity index (χ1v) is 6.90. The van der Waals surface area contributed by atoms with Crippen molar-refractivity contribution in [1.29, 1.82) is 0 Å². The number of nitrogens with one attached hydrogen (secondary N) is 2. The molecule has 7 heteroatoms. The molecule has 1 fully saturated rings. The van der Waals surface area contributed by atoms with Crippen LogP contribution < -0.4 is 10.0 Å². The maximum absolute atomic E-state index is 11.5. The molecule has 0 radical (unpaired) electrons. The van der Waals surface area contributed by atoms with Gasteiger partial charge in [-0.3, -0.25) is 4.79 Å². The summed E-state index contributed by atoms with van der Waals surface area (Å²) in [6.45, 7) is 3.23. The van der Waals surface area contributed by atoms with Gasteiger partial charge in [-0.05, 0) is 38.8 Å². The molecule has 94 valence electrons. The van der Waals surface area contributed by atoms with Crippen LogP contribution in [0.5, 0.6) is 0 Å². The van der Waals surface area contributed by atoms with Crippen LogP contribution in [0.3, 0.4) is 0 Å². The molecular weight excluding hydrogens is 232 g/mol. The standard InChI is InChI=1S/C9H18N2O4S/c1-7(9(12)13)16(14,15)11-6-8-3-2-4-10-5-8/h7-8,10-11H,2-6H2,1H3,(H,12,13). The van der Waals surface area contributed by atoms with Crippen molar-refractivity contribution in [2.45, 2.75) is 25.0 Å². The van der Waals surface area contributed by atoms with Crippen molar-refractivity contribution in [3.8, 4) is 0 Å². The van der Waals surface area contributed by atoms with Gasteiger partial charge in [-0.15, -0.1) is 0 Å². The number of carboxylic acids is 1. The van der Waals surface area contributed by atoms with Gasteiger partial charge in [0.25, 0.3) is 0 Å². The van der Waals surface area contributed by atoms with E-state index in [1.807, 2.05) is 0 Å². The second kappa shape index (κ2) is 5.60. The zero-order valence-electron chi connectivity index (χ0n) is 9.27. The zero-order valence-corrected chi connectivity index (χ0v) is 10.1.